The van der Waals surface area contributed by atoms with Crippen LogP contribution in [0.4, 0.5) is 0 Å². The molecule has 0 aliphatic carbocycles. The molecule has 0 unspecified atom stereocenters. The van der Waals surface area contributed by atoms with E-state index in [0.29, 0.717) is 13.1 Å². The van der Waals surface area contributed by atoms with Crippen molar-refractivity contribution in [1.82, 2.24) is 8.61 Å². The highest BCUT2D eigenvalue weighted by Crippen LogP contribution is 2.26. The van der Waals surface area contributed by atoms with Gasteiger partial charge < -0.3 is 5.11 Å². The van der Waals surface area contributed by atoms with Crippen LogP contribution in [0.5, 0.6) is 0 Å². The van der Waals surface area contributed by atoms with Crippen molar-refractivity contribution in [2.24, 2.45) is 5.92 Å². The second-order valence-corrected chi connectivity index (χ2v) is 9.62. The van der Waals surface area contributed by atoms with Gasteiger partial charge in [0.05, 0.1) is 15.7 Å². The first-order valence-corrected chi connectivity index (χ1v) is 10.9. The fourth-order valence-electron chi connectivity index (χ4n) is 2.79. The number of carbonyl (C=O) groups is 1. The van der Waals surface area contributed by atoms with E-state index < -0.39 is 31.9 Å². The van der Waals surface area contributed by atoms with Gasteiger partial charge in [-0.15, -0.1) is 0 Å². The standard InChI is InChI=1S/C15H22N2O6S2/c1-3-16(4-2)24(20,21)13-5-7-14(8-6-13)25(22,23)17-10-9-12(11-17)15(18)19/h5-8,12H,3-4,9-11H2,1-2H3,(H,18,19)/t12-/m0/s1. The van der Waals surface area contributed by atoms with Gasteiger partial charge in [-0.2, -0.15) is 8.61 Å². The van der Waals surface area contributed by atoms with E-state index >= 15 is 0 Å². The molecule has 8 nitrogen and oxygen atoms in total. The van der Waals surface area contributed by atoms with Crippen LogP contribution in [0.15, 0.2) is 34.1 Å². The highest BCUT2D eigenvalue weighted by atomic mass is 32.2. The van der Waals surface area contributed by atoms with Gasteiger partial charge in [0.1, 0.15) is 0 Å². The Morgan fingerprint density at radius 3 is 2.08 bits per heavy atom. The Balaban J connectivity index is 2.26. The Morgan fingerprint density at radius 1 is 1.12 bits per heavy atom. The number of aliphatic carboxylic acids is 1. The molecule has 1 saturated heterocycles. The lowest BCUT2D eigenvalue weighted by molar-refractivity contribution is -0.141. The number of carboxylic acid groups (broad SMARTS) is 1. The molecule has 1 N–H and O–H groups in total. The average Bonchev–Trinajstić information content (AvgIpc) is 3.07. The maximum Gasteiger partial charge on any atom is 0.307 e. The van der Waals surface area contributed by atoms with Crippen LogP contribution in [0.25, 0.3) is 0 Å². The number of hydrogen-bond donors (Lipinski definition) is 1. The highest BCUT2D eigenvalue weighted by molar-refractivity contribution is 7.89. The van der Waals surface area contributed by atoms with Crippen molar-refractivity contribution in [3.63, 3.8) is 0 Å². The molecule has 1 aliphatic rings. The zero-order chi connectivity index (χ0) is 18.8. The topological polar surface area (TPSA) is 112 Å². The monoisotopic (exact) mass is 390 g/mol. The van der Waals surface area contributed by atoms with E-state index in [9.17, 15) is 21.6 Å². The fraction of sp³-hybridized carbons (Fsp3) is 0.533. The average molecular weight is 390 g/mol. The lowest BCUT2D eigenvalue weighted by atomic mass is 10.1. The van der Waals surface area contributed by atoms with Gasteiger partial charge in [0.2, 0.25) is 20.0 Å². The first-order valence-electron chi connectivity index (χ1n) is 7.97. The molecule has 0 spiro atoms. The number of benzene rings is 1. The van der Waals surface area contributed by atoms with Crippen LogP contribution in [0.2, 0.25) is 0 Å². The molecule has 0 amide bonds. The molecular formula is C15H22N2O6S2. The van der Waals surface area contributed by atoms with E-state index in [1.807, 2.05) is 0 Å². The lowest BCUT2D eigenvalue weighted by Crippen LogP contribution is -2.31. The van der Waals surface area contributed by atoms with Crippen LogP contribution in [0, 0.1) is 5.92 Å². The van der Waals surface area contributed by atoms with Crippen LogP contribution >= 0.6 is 0 Å². The summed E-state index contributed by atoms with van der Waals surface area (Å²) < 4.78 is 52.4. The molecule has 1 aromatic carbocycles. The number of rotatable bonds is 7. The largest absolute Gasteiger partial charge is 0.481 e. The van der Waals surface area contributed by atoms with Crippen LogP contribution < -0.4 is 0 Å². The third-order valence-electron chi connectivity index (χ3n) is 4.30. The van der Waals surface area contributed by atoms with Crippen LogP contribution in [-0.2, 0) is 24.8 Å². The van der Waals surface area contributed by atoms with Gasteiger partial charge in [0.15, 0.2) is 0 Å². The first kappa shape index (κ1) is 19.8. The van der Waals surface area contributed by atoms with E-state index in [0.717, 1.165) is 4.31 Å². The number of carboxylic acids is 1. The quantitative estimate of drug-likeness (QED) is 0.737. The van der Waals surface area contributed by atoms with Crippen molar-refractivity contribution in [2.45, 2.75) is 30.1 Å². The fourth-order valence-corrected chi connectivity index (χ4v) is 5.75. The molecule has 0 saturated carbocycles. The van der Waals surface area contributed by atoms with E-state index in [-0.39, 0.29) is 29.3 Å². The predicted molar refractivity (Wildman–Crippen MR) is 91.1 cm³/mol. The van der Waals surface area contributed by atoms with Gasteiger partial charge >= 0.3 is 5.97 Å². The maximum atomic E-state index is 12.6. The Labute approximate surface area is 148 Å². The van der Waals surface area contributed by atoms with E-state index in [4.69, 9.17) is 5.11 Å². The normalized spacial score (nSPS) is 19.4. The number of hydrogen-bond acceptors (Lipinski definition) is 5. The Kier molecular flexibility index (Phi) is 5.87. The second kappa shape index (κ2) is 7.40. The Morgan fingerprint density at radius 2 is 1.64 bits per heavy atom. The molecule has 0 bridgehead atoms. The molecule has 1 fully saturated rings. The summed E-state index contributed by atoms with van der Waals surface area (Å²) in [4.78, 5) is 11.0. The third-order valence-corrected chi connectivity index (χ3v) is 8.25. The van der Waals surface area contributed by atoms with E-state index in [2.05, 4.69) is 0 Å². The minimum Gasteiger partial charge on any atom is -0.481 e. The van der Waals surface area contributed by atoms with E-state index in [1.165, 1.54) is 28.6 Å². The minimum atomic E-state index is -3.84. The smallest absolute Gasteiger partial charge is 0.307 e. The summed E-state index contributed by atoms with van der Waals surface area (Å²) in [6.07, 6.45) is 0.267. The Bertz CT molecular complexity index is 829. The molecular weight excluding hydrogens is 368 g/mol. The van der Waals surface area contributed by atoms with Crippen molar-refractivity contribution >= 4 is 26.0 Å². The Hall–Kier alpha value is -1.49. The molecule has 2 rings (SSSR count). The number of sulfonamides is 2. The number of nitrogens with zero attached hydrogens (tertiary/aromatic N) is 2. The van der Waals surface area contributed by atoms with Crippen molar-refractivity contribution < 1.29 is 26.7 Å². The molecule has 1 atom stereocenters. The molecule has 0 aromatic heterocycles. The second-order valence-electron chi connectivity index (χ2n) is 5.75. The summed E-state index contributed by atoms with van der Waals surface area (Å²) in [5.74, 6) is -1.73. The van der Waals surface area contributed by atoms with Crippen molar-refractivity contribution in [2.75, 3.05) is 26.2 Å². The molecule has 0 radical (unpaired) electrons. The van der Waals surface area contributed by atoms with Crippen molar-refractivity contribution in [3.8, 4) is 0 Å². The summed E-state index contributed by atoms with van der Waals surface area (Å²) in [6.45, 7) is 4.17. The summed E-state index contributed by atoms with van der Waals surface area (Å²) in [5, 5.41) is 9.00. The summed E-state index contributed by atoms with van der Waals surface area (Å²) in [5.41, 5.74) is 0. The van der Waals surface area contributed by atoms with Crippen LogP contribution in [0.1, 0.15) is 20.3 Å². The van der Waals surface area contributed by atoms with E-state index in [1.54, 1.807) is 13.8 Å². The molecule has 1 aromatic rings. The third kappa shape index (κ3) is 3.86. The van der Waals surface area contributed by atoms with Gasteiger partial charge in [-0.3, -0.25) is 4.79 Å². The lowest BCUT2D eigenvalue weighted by Gasteiger charge is -2.19. The highest BCUT2D eigenvalue weighted by Gasteiger charge is 2.36. The summed E-state index contributed by atoms with van der Waals surface area (Å²) in [7, 11) is -7.49. The van der Waals surface area contributed by atoms with Crippen molar-refractivity contribution in [3.05, 3.63) is 24.3 Å². The zero-order valence-electron chi connectivity index (χ0n) is 14.1. The summed E-state index contributed by atoms with van der Waals surface area (Å²) >= 11 is 0. The van der Waals surface area contributed by atoms with Gasteiger partial charge in [0.25, 0.3) is 0 Å². The van der Waals surface area contributed by atoms with Crippen molar-refractivity contribution in [1.29, 1.82) is 0 Å². The molecule has 10 heteroatoms. The maximum absolute atomic E-state index is 12.6. The van der Waals surface area contributed by atoms with Gasteiger partial charge in [-0.1, -0.05) is 13.8 Å². The SMILES string of the molecule is CCN(CC)S(=O)(=O)c1ccc(S(=O)(=O)N2CC[C@H](C(=O)O)C2)cc1. The van der Waals surface area contributed by atoms with Gasteiger partial charge in [-0.25, -0.2) is 16.8 Å². The molecule has 140 valence electrons. The van der Waals surface area contributed by atoms with Gasteiger partial charge in [-0.05, 0) is 30.7 Å². The molecule has 25 heavy (non-hydrogen) atoms. The van der Waals surface area contributed by atoms with Crippen LogP contribution in [0.3, 0.4) is 0 Å². The van der Waals surface area contributed by atoms with Gasteiger partial charge in [0, 0.05) is 26.2 Å². The zero-order valence-corrected chi connectivity index (χ0v) is 15.8. The predicted octanol–water partition coefficient (Wildman–Crippen LogP) is 0.812. The first-order chi connectivity index (χ1) is 11.6. The van der Waals surface area contributed by atoms with Crippen LogP contribution in [-0.4, -0.2) is 62.7 Å². The molecule has 1 aliphatic heterocycles. The summed E-state index contributed by atoms with van der Waals surface area (Å²) in [6, 6.07) is 5.04. The minimum absolute atomic E-state index is 0.0278. The molecule has 1 heterocycles.